The van der Waals surface area contributed by atoms with Gasteiger partial charge >= 0.3 is 0 Å². The maximum atomic E-state index is 14.0. The molecule has 0 spiro atoms. The van der Waals surface area contributed by atoms with Gasteiger partial charge in [0.25, 0.3) is 0 Å². The van der Waals surface area contributed by atoms with Crippen molar-refractivity contribution >= 4 is 11.6 Å². The van der Waals surface area contributed by atoms with Crippen molar-refractivity contribution in [3.63, 3.8) is 0 Å². The van der Waals surface area contributed by atoms with E-state index in [0.717, 1.165) is 24.8 Å². The predicted molar refractivity (Wildman–Crippen MR) is 70.1 cm³/mol. The van der Waals surface area contributed by atoms with Crippen LogP contribution in [0, 0.1) is 5.82 Å². The van der Waals surface area contributed by atoms with Crippen LogP contribution in [-0.2, 0) is 12.3 Å². The van der Waals surface area contributed by atoms with Gasteiger partial charge in [-0.25, -0.2) is 4.39 Å². The quantitative estimate of drug-likeness (QED) is 0.742. The van der Waals surface area contributed by atoms with E-state index < -0.39 is 0 Å². The van der Waals surface area contributed by atoms with E-state index in [1.165, 1.54) is 0 Å². The molecule has 0 aliphatic rings. The fourth-order valence-electron chi connectivity index (χ4n) is 1.81. The summed E-state index contributed by atoms with van der Waals surface area (Å²) in [6.45, 7) is 2.12. The molecule has 4 heteroatoms. The van der Waals surface area contributed by atoms with Gasteiger partial charge in [-0.05, 0) is 30.5 Å². The van der Waals surface area contributed by atoms with Gasteiger partial charge in [0.05, 0.1) is 5.88 Å². The Morgan fingerprint density at radius 3 is 2.78 bits per heavy atom. The summed E-state index contributed by atoms with van der Waals surface area (Å²) >= 11 is 5.62. The molecular weight excluding hydrogens is 253 g/mol. The molecule has 0 N–H and O–H groups in total. The molecule has 2 aromatic rings. The maximum Gasteiger partial charge on any atom is 0.152 e. The Bertz CT molecular complexity index is 524. The summed E-state index contributed by atoms with van der Waals surface area (Å²) in [5.41, 5.74) is 1.96. The minimum atomic E-state index is -0.266. The molecule has 96 valence electrons. The number of nitrogens with zero attached hydrogens (tertiary/aromatic N) is 1. The summed E-state index contributed by atoms with van der Waals surface area (Å²) in [7, 11) is 0. The number of unbranched alkanes of at least 4 members (excludes halogenated alkanes) is 1. The molecule has 0 saturated carbocycles. The van der Waals surface area contributed by atoms with Gasteiger partial charge in [-0.2, -0.15) is 0 Å². The first kappa shape index (κ1) is 13.1. The standard InChI is InChI=1S/C14H15ClFNO/c1-2-3-4-10-5-6-12(13(16)7-10)14-8-11(9-15)18-17-14/h5-8H,2-4,9H2,1H3. The van der Waals surface area contributed by atoms with Crippen LogP contribution in [0.1, 0.15) is 31.1 Å². The molecule has 0 unspecified atom stereocenters. The first-order chi connectivity index (χ1) is 8.74. The topological polar surface area (TPSA) is 26.0 Å². The van der Waals surface area contributed by atoms with Gasteiger partial charge in [0.15, 0.2) is 5.76 Å². The number of halogens is 2. The molecule has 0 aliphatic heterocycles. The van der Waals surface area contributed by atoms with E-state index in [2.05, 4.69) is 12.1 Å². The lowest BCUT2D eigenvalue weighted by Crippen LogP contribution is -1.90. The molecule has 0 bridgehead atoms. The van der Waals surface area contributed by atoms with Crippen LogP contribution in [0.15, 0.2) is 28.8 Å². The molecule has 0 saturated heterocycles. The minimum Gasteiger partial charge on any atom is -0.359 e. The first-order valence-corrected chi connectivity index (χ1v) is 6.58. The third kappa shape index (κ3) is 2.91. The van der Waals surface area contributed by atoms with Crippen LogP contribution >= 0.6 is 11.6 Å². The highest BCUT2D eigenvalue weighted by molar-refractivity contribution is 6.16. The highest BCUT2D eigenvalue weighted by Gasteiger charge is 2.11. The third-order valence-electron chi connectivity index (χ3n) is 2.82. The van der Waals surface area contributed by atoms with Crippen molar-refractivity contribution in [3.8, 4) is 11.3 Å². The first-order valence-electron chi connectivity index (χ1n) is 6.05. The second kappa shape index (κ2) is 6.01. The number of hydrogen-bond donors (Lipinski definition) is 0. The van der Waals surface area contributed by atoms with Crippen LogP contribution in [-0.4, -0.2) is 5.16 Å². The molecule has 2 rings (SSSR count). The van der Waals surface area contributed by atoms with E-state index in [9.17, 15) is 4.39 Å². The lowest BCUT2D eigenvalue weighted by atomic mass is 10.0. The van der Waals surface area contributed by atoms with Crippen molar-refractivity contribution in [1.29, 1.82) is 0 Å². The molecule has 2 nitrogen and oxygen atoms in total. The maximum absolute atomic E-state index is 14.0. The second-order valence-corrected chi connectivity index (χ2v) is 4.50. The van der Waals surface area contributed by atoms with Crippen molar-refractivity contribution < 1.29 is 8.91 Å². The zero-order chi connectivity index (χ0) is 13.0. The van der Waals surface area contributed by atoms with E-state index in [1.807, 2.05) is 6.07 Å². The molecular formula is C14H15ClFNO. The van der Waals surface area contributed by atoms with Crippen molar-refractivity contribution in [2.45, 2.75) is 32.1 Å². The Kier molecular flexibility index (Phi) is 4.37. The van der Waals surface area contributed by atoms with Crippen molar-refractivity contribution in [1.82, 2.24) is 5.16 Å². The minimum absolute atomic E-state index is 0.239. The van der Waals surface area contributed by atoms with Gasteiger partial charge in [0.1, 0.15) is 11.5 Å². The van der Waals surface area contributed by atoms with Gasteiger partial charge < -0.3 is 4.52 Å². The van der Waals surface area contributed by atoms with Gasteiger partial charge in [0.2, 0.25) is 0 Å². The number of aryl methyl sites for hydroxylation is 1. The summed E-state index contributed by atoms with van der Waals surface area (Å²) in [5.74, 6) is 0.516. The third-order valence-corrected chi connectivity index (χ3v) is 3.08. The fraction of sp³-hybridized carbons (Fsp3) is 0.357. The van der Waals surface area contributed by atoms with Gasteiger partial charge in [-0.3, -0.25) is 0 Å². The Labute approximate surface area is 111 Å². The van der Waals surface area contributed by atoms with Crippen LogP contribution in [0.4, 0.5) is 4.39 Å². The predicted octanol–water partition coefficient (Wildman–Crippen LogP) is 4.56. The highest BCUT2D eigenvalue weighted by atomic mass is 35.5. The van der Waals surface area contributed by atoms with Crippen molar-refractivity contribution in [2.24, 2.45) is 0 Å². The number of alkyl halides is 1. The highest BCUT2D eigenvalue weighted by Crippen LogP contribution is 2.24. The summed E-state index contributed by atoms with van der Waals surface area (Å²) < 4.78 is 18.9. The molecule has 1 heterocycles. The van der Waals surface area contributed by atoms with Crippen molar-refractivity contribution in [3.05, 3.63) is 41.4 Å². The number of aromatic nitrogens is 1. The van der Waals surface area contributed by atoms with Gasteiger partial charge in [-0.15, -0.1) is 11.6 Å². The smallest absolute Gasteiger partial charge is 0.152 e. The molecule has 18 heavy (non-hydrogen) atoms. The van der Waals surface area contributed by atoms with E-state index in [0.29, 0.717) is 17.0 Å². The van der Waals surface area contributed by atoms with Gasteiger partial charge in [0, 0.05) is 11.6 Å². The van der Waals surface area contributed by atoms with E-state index in [1.54, 1.807) is 18.2 Å². The van der Waals surface area contributed by atoms with Crippen LogP contribution in [0.2, 0.25) is 0 Å². The Morgan fingerprint density at radius 2 is 2.17 bits per heavy atom. The van der Waals surface area contributed by atoms with Crippen LogP contribution in [0.25, 0.3) is 11.3 Å². The average Bonchev–Trinajstić information content (AvgIpc) is 2.85. The Morgan fingerprint density at radius 1 is 1.33 bits per heavy atom. The molecule has 0 radical (unpaired) electrons. The summed E-state index contributed by atoms with van der Waals surface area (Å²) in [6.07, 6.45) is 3.07. The van der Waals surface area contributed by atoms with Crippen LogP contribution in [0.5, 0.6) is 0 Å². The second-order valence-electron chi connectivity index (χ2n) is 4.23. The molecule has 1 aromatic carbocycles. The normalized spacial score (nSPS) is 10.8. The van der Waals surface area contributed by atoms with E-state index in [-0.39, 0.29) is 11.7 Å². The molecule has 0 atom stereocenters. The van der Waals surface area contributed by atoms with Gasteiger partial charge in [-0.1, -0.05) is 24.6 Å². The lowest BCUT2D eigenvalue weighted by molar-refractivity contribution is 0.396. The number of hydrogen-bond acceptors (Lipinski definition) is 2. The van der Waals surface area contributed by atoms with Crippen LogP contribution < -0.4 is 0 Å². The fourth-order valence-corrected chi connectivity index (χ4v) is 1.93. The molecule has 1 aromatic heterocycles. The summed E-state index contributed by atoms with van der Waals surface area (Å²) in [5, 5.41) is 3.81. The largest absolute Gasteiger partial charge is 0.359 e. The van der Waals surface area contributed by atoms with Crippen molar-refractivity contribution in [2.75, 3.05) is 0 Å². The molecule has 0 fully saturated rings. The molecule has 0 aliphatic carbocycles. The zero-order valence-electron chi connectivity index (χ0n) is 10.2. The summed E-state index contributed by atoms with van der Waals surface area (Å²) in [6, 6.07) is 6.91. The zero-order valence-corrected chi connectivity index (χ0v) is 11.0. The van der Waals surface area contributed by atoms with E-state index in [4.69, 9.17) is 16.1 Å². The Balaban J connectivity index is 2.23. The van der Waals surface area contributed by atoms with Crippen LogP contribution in [0.3, 0.4) is 0 Å². The molecule has 0 amide bonds. The SMILES string of the molecule is CCCCc1ccc(-c2cc(CCl)on2)c(F)c1. The summed E-state index contributed by atoms with van der Waals surface area (Å²) in [4.78, 5) is 0. The average molecular weight is 268 g/mol. The Hall–Kier alpha value is -1.35. The lowest BCUT2D eigenvalue weighted by Gasteiger charge is -2.03. The van der Waals surface area contributed by atoms with E-state index >= 15 is 0 Å². The number of rotatable bonds is 5. The number of benzene rings is 1. The monoisotopic (exact) mass is 267 g/mol.